The van der Waals surface area contributed by atoms with Crippen molar-refractivity contribution in [1.29, 1.82) is 0 Å². The highest BCUT2D eigenvalue weighted by Crippen LogP contribution is 2.36. The molecule has 0 spiro atoms. The Kier molecular flexibility index (Phi) is 4.40. The molecule has 1 rings (SSSR count). The summed E-state index contributed by atoms with van der Waals surface area (Å²) in [4.78, 5) is 22.9. The van der Waals surface area contributed by atoms with Crippen LogP contribution >= 0.6 is 11.3 Å². The number of carbonyl (C=O) groups is 2. The number of nitrogen functional groups attached to an aromatic ring is 1. The maximum atomic E-state index is 12.2. The molecule has 106 valence electrons. The minimum atomic E-state index is -4.44. The molecule has 5 nitrogen and oxygen atoms in total. The smallest absolute Gasteiger partial charge is 0.397 e. The van der Waals surface area contributed by atoms with Crippen LogP contribution in [0.25, 0.3) is 0 Å². The van der Waals surface area contributed by atoms with E-state index in [-0.39, 0.29) is 21.1 Å². The molecule has 1 aromatic rings. The number of thiophene rings is 1. The molecule has 1 amide bonds. The summed E-state index contributed by atoms with van der Waals surface area (Å²) in [6.45, 7) is -0.0857. The number of ketones is 1. The van der Waals surface area contributed by atoms with Gasteiger partial charge in [0.15, 0.2) is 5.78 Å². The van der Waals surface area contributed by atoms with Gasteiger partial charge in [0.25, 0.3) is 5.91 Å². The fourth-order valence-electron chi connectivity index (χ4n) is 1.36. The van der Waals surface area contributed by atoms with Crippen molar-refractivity contribution in [3.63, 3.8) is 0 Å². The molecule has 19 heavy (non-hydrogen) atoms. The molecule has 0 unspecified atom stereocenters. The van der Waals surface area contributed by atoms with Crippen LogP contribution in [0.1, 0.15) is 27.0 Å². The molecule has 9 heteroatoms. The first-order valence-corrected chi connectivity index (χ1v) is 5.95. The lowest BCUT2D eigenvalue weighted by Gasteiger charge is -2.09. The van der Waals surface area contributed by atoms with Crippen LogP contribution in [0.2, 0.25) is 0 Å². The predicted octanol–water partition coefficient (Wildman–Crippen LogP) is 1.87. The maximum absolute atomic E-state index is 12.2. The van der Waals surface area contributed by atoms with Gasteiger partial charge in [-0.15, -0.1) is 11.3 Å². The molecule has 0 fully saturated rings. The number of anilines is 2. The van der Waals surface area contributed by atoms with Gasteiger partial charge in [0.2, 0.25) is 0 Å². The van der Waals surface area contributed by atoms with Gasteiger partial charge in [0.1, 0.15) is 11.5 Å². The number of amides is 1. The second kappa shape index (κ2) is 5.47. The number of hydrogen-bond acceptors (Lipinski definition) is 5. The highest BCUT2D eigenvalue weighted by Gasteiger charge is 2.29. The van der Waals surface area contributed by atoms with Crippen molar-refractivity contribution in [2.24, 2.45) is 0 Å². The van der Waals surface area contributed by atoms with Gasteiger partial charge in [-0.2, -0.15) is 13.2 Å². The van der Waals surface area contributed by atoms with Crippen molar-refractivity contribution in [2.75, 3.05) is 24.6 Å². The lowest BCUT2D eigenvalue weighted by molar-refractivity contribution is -0.115. The standard InChI is InChI=1S/C10H12F3N3O2S/c1-4(17)7-6(14)5(8(18)15-2)9(19-7)16-3-10(11,12)13/h16H,3,14H2,1-2H3,(H,15,18). The molecule has 0 atom stereocenters. The summed E-state index contributed by atoms with van der Waals surface area (Å²) in [5.74, 6) is -1.06. The zero-order valence-corrected chi connectivity index (χ0v) is 11.0. The number of nitrogens with one attached hydrogen (secondary N) is 2. The molecule has 1 aromatic heterocycles. The number of nitrogens with two attached hydrogens (primary N) is 1. The maximum Gasteiger partial charge on any atom is 0.405 e. The SMILES string of the molecule is CNC(=O)c1c(NCC(F)(F)F)sc(C(C)=O)c1N. The Morgan fingerprint density at radius 2 is 1.95 bits per heavy atom. The lowest BCUT2D eigenvalue weighted by atomic mass is 10.2. The quantitative estimate of drug-likeness (QED) is 0.740. The second-order valence-electron chi connectivity index (χ2n) is 3.65. The molecule has 0 radical (unpaired) electrons. The van der Waals surface area contributed by atoms with Gasteiger partial charge in [-0.3, -0.25) is 9.59 Å². The van der Waals surface area contributed by atoms with E-state index in [4.69, 9.17) is 5.73 Å². The number of rotatable bonds is 4. The van der Waals surface area contributed by atoms with Gasteiger partial charge >= 0.3 is 6.18 Å². The van der Waals surface area contributed by atoms with Gasteiger partial charge in [-0.25, -0.2) is 0 Å². The Morgan fingerprint density at radius 3 is 2.37 bits per heavy atom. The summed E-state index contributed by atoms with van der Waals surface area (Å²) in [5, 5.41) is 4.28. The first kappa shape index (κ1) is 15.3. The van der Waals surface area contributed by atoms with Crippen LogP contribution in [0, 0.1) is 0 Å². The first-order valence-electron chi connectivity index (χ1n) is 5.13. The molecule has 1 heterocycles. The minimum absolute atomic E-state index is 0.0586. The molecule has 0 bridgehead atoms. The van der Waals surface area contributed by atoms with Crippen LogP contribution in [0.3, 0.4) is 0 Å². The van der Waals surface area contributed by atoms with Gasteiger partial charge in [0, 0.05) is 14.0 Å². The average molecular weight is 295 g/mol. The second-order valence-corrected chi connectivity index (χ2v) is 4.67. The summed E-state index contributed by atoms with van der Waals surface area (Å²) in [6, 6.07) is 0. The Hall–Kier alpha value is -1.77. The van der Waals surface area contributed by atoms with Crippen LogP contribution in [-0.2, 0) is 0 Å². The predicted molar refractivity (Wildman–Crippen MR) is 66.7 cm³/mol. The van der Waals surface area contributed by atoms with Crippen LogP contribution in [0.15, 0.2) is 0 Å². The van der Waals surface area contributed by atoms with Crippen LogP contribution in [0.5, 0.6) is 0 Å². The summed E-state index contributed by atoms with van der Waals surface area (Å²) in [7, 11) is 1.32. The van der Waals surface area contributed by atoms with Crippen LogP contribution < -0.4 is 16.4 Å². The van der Waals surface area contributed by atoms with E-state index in [1.807, 2.05) is 0 Å². The number of hydrogen-bond donors (Lipinski definition) is 3. The molecule has 0 aliphatic carbocycles. The molecule has 0 saturated carbocycles. The normalized spacial score (nSPS) is 11.2. The molecular formula is C10H12F3N3O2S. The average Bonchev–Trinajstić information content (AvgIpc) is 2.62. The summed E-state index contributed by atoms with van der Waals surface area (Å²) < 4.78 is 36.5. The third-order valence-corrected chi connectivity index (χ3v) is 3.43. The zero-order chi connectivity index (χ0) is 14.8. The Bertz CT molecular complexity index is 511. The Balaban J connectivity index is 3.18. The minimum Gasteiger partial charge on any atom is -0.397 e. The monoisotopic (exact) mass is 295 g/mol. The van der Waals surface area contributed by atoms with Crippen molar-refractivity contribution < 1.29 is 22.8 Å². The highest BCUT2D eigenvalue weighted by molar-refractivity contribution is 7.19. The highest BCUT2D eigenvalue weighted by atomic mass is 32.1. The lowest BCUT2D eigenvalue weighted by Crippen LogP contribution is -2.24. The van der Waals surface area contributed by atoms with E-state index in [9.17, 15) is 22.8 Å². The number of halogens is 3. The van der Waals surface area contributed by atoms with Crippen molar-refractivity contribution in [1.82, 2.24) is 5.32 Å². The first-order chi connectivity index (χ1) is 8.67. The molecular weight excluding hydrogens is 283 g/mol. The Labute approximate surface area is 111 Å². The van der Waals surface area contributed by atoms with E-state index in [1.54, 1.807) is 0 Å². The fraction of sp³-hybridized carbons (Fsp3) is 0.400. The third kappa shape index (κ3) is 3.60. The van der Waals surface area contributed by atoms with Crippen molar-refractivity contribution in [3.05, 3.63) is 10.4 Å². The van der Waals surface area contributed by atoms with Gasteiger partial charge < -0.3 is 16.4 Å². The summed E-state index contributed by atoms with van der Waals surface area (Å²) in [6.07, 6.45) is -4.44. The topological polar surface area (TPSA) is 84.2 Å². The molecule has 0 aliphatic heterocycles. The van der Waals surface area contributed by atoms with E-state index in [1.165, 1.54) is 14.0 Å². The summed E-state index contributed by atoms with van der Waals surface area (Å²) in [5.41, 5.74) is 5.38. The van der Waals surface area contributed by atoms with Gasteiger partial charge in [-0.1, -0.05) is 0 Å². The molecule has 0 saturated heterocycles. The molecule has 0 aliphatic rings. The summed E-state index contributed by atoms with van der Waals surface area (Å²) >= 11 is 0.732. The van der Waals surface area contributed by atoms with E-state index in [0.717, 1.165) is 11.3 Å². The fourth-order valence-corrected chi connectivity index (χ4v) is 2.37. The van der Waals surface area contributed by atoms with Crippen molar-refractivity contribution in [3.8, 4) is 0 Å². The van der Waals surface area contributed by atoms with E-state index >= 15 is 0 Å². The van der Waals surface area contributed by atoms with Crippen LogP contribution in [-0.4, -0.2) is 31.5 Å². The van der Waals surface area contributed by atoms with E-state index in [0.29, 0.717) is 0 Å². The zero-order valence-electron chi connectivity index (χ0n) is 10.1. The van der Waals surface area contributed by atoms with Crippen LogP contribution in [0.4, 0.5) is 23.9 Å². The number of alkyl halides is 3. The largest absolute Gasteiger partial charge is 0.405 e. The van der Waals surface area contributed by atoms with Gasteiger partial charge in [0.05, 0.1) is 16.1 Å². The molecule has 4 N–H and O–H groups in total. The Morgan fingerprint density at radius 1 is 1.37 bits per heavy atom. The number of carbonyl (C=O) groups excluding carboxylic acids is 2. The van der Waals surface area contributed by atoms with E-state index < -0.39 is 24.4 Å². The van der Waals surface area contributed by atoms with E-state index in [2.05, 4.69) is 10.6 Å². The number of Topliss-reactive ketones (excluding diaryl/α,β-unsaturated/α-hetero) is 1. The van der Waals surface area contributed by atoms with Gasteiger partial charge in [-0.05, 0) is 0 Å². The van der Waals surface area contributed by atoms with Crippen molar-refractivity contribution >= 4 is 33.7 Å². The molecule has 0 aromatic carbocycles. The van der Waals surface area contributed by atoms with Crippen molar-refractivity contribution in [2.45, 2.75) is 13.1 Å². The third-order valence-electron chi connectivity index (χ3n) is 2.17.